The molecule has 0 unspecified atom stereocenters. The number of hydrogen-bond donors (Lipinski definition) is 2. The van der Waals surface area contributed by atoms with Crippen LogP contribution in [0.5, 0.6) is 0 Å². The lowest BCUT2D eigenvalue weighted by Gasteiger charge is -2.34. The van der Waals surface area contributed by atoms with Crippen LogP contribution in [0.1, 0.15) is 32.0 Å². The summed E-state index contributed by atoms with van der Waals surface area (Å²) < 4.78 is 5.18. The Labute approximate surface area is 125 Å². The number of hydrogen-bond acceptors (Lipinski definition) is 7. The number of carbonyl (C=O) groups is 1. The molecule has 0 aliphatic heterocycles. The molecule has 1 aliphatic rings. The van der Waals surface area contributed by atoms with Crippen molar-refractivity contribution in [3.05, 3.63) is 11.2 Å². The number of rotatable bonds is 3. The molecule has 0 radical (unpaired) electrons. The third kappa shape index (κ3) is 2.67. The fraction of sp³-hybridized carbons (Fsp3) is 0.455. The smallest absolute Gasteiger partial charge is 0.277 e. The van der Waals surface area contributed by atoms with Crippen LogP contribution in [0.15, 0.2) is 9.90 Å². The molecule has 3 N–H and O–H groups in total. The zero-order chi connectivity index (χ0) is 13.5. The van der Waals surface area contributed by atoms with Crippen molar-refractivity contribution in [3.8, 4) is 11.6 Å². The number of nitrogens with zero attached hydrogens (tertiary/aromatic N) is 3. The van der Waals surface area contributed by atoms with E-state index in [2.05, 4.69) is 20.4 Å². The molecule has 1 fully saturated rings. The molecular formula is C11H14ClN5O2S. The molecule has 7 nitrogen and oxygen atoms in total. The predicted molar refractivity (Wildman–Crippen MR) is 76.7 cm³/mol. The zero-order valence-corrected chi connectivity index (χ0v) is 12.4. The summed E-state index contributed by atoms with van der Waals surface area (Å²) in [5, 5.41) is 8.80. The van der Waals surface area contributed by atoms with Gasteiger partial charge in [-0.05, 0) is 19.3 Å². The summed E-state index contributed by atoms with van der Waals surface area (Å²) in [6.45, 7) is 1.43. The first-order valence-corrected chi connectivity index (χ1v) is 6.81. The molecule has 2 aromatic rings. The maximum atomic E-state index is 10.9. The van der Waals surface area contributed by atoms with Gasteiger partial charge in [0, 0.05) is 12.3 Å². The fourth-order valence-corrected chi connectivity index (χ4v) is 2.62. The topological polar surface area (TPSA) is 107 Å². The van der Waals surface area contributed by atoms with Gasteiger partial charge in [0.25, 0.3) is 5.89 Å². The number of amides is 1. The standard InChI is InChI=1S/C11H13N5O2S.ClH/c1-6(17)13-10-14-7(5-19-10)8-15-9(16-18-8)11(12)3-2-4-11;/h5H,2-4,12H2,1H3,(H,13,14,17);1H. The maximum absolute atomic E-state index is 10.9. The predicted octanol–water partition coefficient (Wildman–Crippen LogP) is 1.91. The summed E-state index contributed by atoms with van der Waals surface area (Å²) in [6.07, 6.45) is 2.84. The second-order valence-corrected chi connectivity index (χ2v) is 5.51. The highest BCUT2D eigenvalue weighted by molar-refractivity contribution is 7.14. The molecule has 2 heterocycles. The molecule has 20 heavy (non-hydrogen) atoms. The number of halogens is 1. The van der Waals surface area contributed by atoms with E-state index in [0.717, 1.165) is 19.3 Å². The lowest BCUT2D eigenvalue weighted by atomic mass is 9.77. The molecule has 0 bridgehead atoms. The van der Waals surface area contributed by atoms with Gasteiger partial charge in [0.05, 0.1) is 5.54 Å². The Morgan fingerprint density at radius 1 is 1.50 bits per heavy atom. The number of aromatic nitrogens is 3. The van der Waals surface area contributed by atoms with Crippen molar-refractivity contribution >= 4 is 34.8 Å². The van der Waals surface area contributed by atoms with Crippen molar-refractivity contribution in [2.75, 3.05) is 5.32 Å². The monoisotopic (exact) mass is 315 g/mol. The number of nitrogens with two attached hydrogens (primary N) is 1. The first-order chi connectivity index (χ1) is 9.07. The second-order valence-electron chi connectivity index (χ2n) is 4.65. The van der Waals surface area contributed by atoms with Gasteiger partial charge in [-0.25, -0.2) is 4.98 Å². The lowest BCUT2D eigenvalue weighted by Crippen LogP contribution is -2.44. The minimum atomic E-state index is -0.446. The van der Waals surface area contributed by atoms with Gasteiger partial charge in [0.15, 0.2) is 11.0 Å². The first kappa shape index (κ1) is 14.9. The average molecular weight is 316 g/mol. The van der Waals surface area contributed by atoms with Crippen LogP contribution in [0.2, 0.25) is 0 Å². The summed E-state index contributed by atoms with van der Waals surface area (Å²) in [7, 11) is 0. The van der Waals surface area contributed by atoms with E-state index in [-0.39, 0.29) is 18.3 Å². The van der Waals surface area contributed by atoms with Gasteiger partial charge >= 0.3 is 0 Å². The summed E-state index contributed by atoms with van der Waals surface area (Å²) in [5.74, 6) is 0.699. The highest BCUT2D eigenvalue weighted by Gasteiger charge is 2.39. The van der Waals surface area contributed by atoms with Crippen LogP contribution in [0.4, 0.5) is 5.13 Å². The average Bonchev–Trinajstić information content (AvgIpc) is 2.93. The molecule has 0 atom stereocenters. The minimum Gasteiger partial charge on any atom is -0.332 e. The highest BCUT2D eigenvalue weighted by Crippen LogP contribution is 2.37. The van der Waals surface area contributed by atoms with Gasteiger partial charge in [0.1, 0.15) is 5.69 Å². The van der Waals surface area contributed by atoms with Crippen LogP contribution in [0, 0.1) is 0 Å². The molecule has 1 amide bonds. The van der Waals surface area contributed by atoms with Crippen molar-refractivity contribution in [3.63, 3.8) is 0 Å². The largest absolute Gasteiger partial charge is 0.332 e. The molecule has 1 aliphatic carbocycles. The van der Waals surface area contributed by atoms with Crippen LogP contribution in [0.3, 0.4) is 0 Å². The van der Waals surface area contributed by atoms with Crippen LogP contribution in [-0.2, 0) is 10.3 Å². The van der Waals surface area contributed by atoms with Gasteiger partial charge in [-0.3, -0.25) is 4.79 Å². The Balaban J connectivity index is 0.00000147. The zero-order valence-electron chi connectivity index (χ0n) is 10.8. The van der Waals surface area contributed by atoms with Crippen LogP contribution in [-0.4, -0.2) is 21.0 Å². The Morgan fingerprint density at radius 2 is 2.25 bits per heavy atom. The molecule has 9 heteroatoms. The van der Waals surface area contributed by atoms with E-state index in [4.69, 9.17) is 10.3 Å². The molecule has 1 saturated carbocycles. The summed E-state index contributed by atoms with van der Waals surface area (Å²) >= 11 is 1.31. The molecule has 0 spiro atoms. The lowest BCUT2D eigenvalue weighted by molar-refractivity contribution is -0.114. The Hall–Kier alpha value is -1.51. The Kier molecular flexibility index (Phi) is 4.07. The first-order valence-electron chi connectivity index (χ1n) is 5.93. The third-order valence-corrected chi connectivity index (χ3v) is 3.88. The molecule has 0 aromatic carbocycles. The van der Waals surface area contributed by atoms with E-state index < -0.39 is 5.54 Å². The van der Waals surface area contributed by atoms with E-state index in [1.54, 1.807) is 5.38 Å². The molecule has 108 valence electrons. The number of carbonyl (C=O) groups excluding carboxylic acids is 1. The van der Waals surface area contributed by atoms with Crippen molar-refractivity contribution in [2.24, 2.45) is 5.73 Å². The summed E-state index contributed by atoms with van der Waals surface area (Å²) in [6, 6.07) is 0. The summed E-state index contributed by atoms with van der Waals surface area (Å²) in [4.78, 5) is 19.4. The summed E-state index contributed by atoms with van der Waals surface area (Å²) in [5.41, 5.74) is 6.23. The van der Waals surface area contributed by atoms with E-state index in [9.17, 15) is 4.79 Å². The van der Waals surface area contributed by atoms with Crippen LogP contribution in [0.25, 0.3) is 11.6 Å². The van der Waals surface area contributed by atoms with Crippen LogP contribution < -0.4 is 11.1 Å². The van der Waals surface area contributed by atoms with E-state index >= 15 is 0 Å². The maximum Gasteiger partial charge on any atom is 0.277 e. The Morgan fingerprint density at radius 3 is 2.85 bits per heavy atom. The van der Waals surface area contributed by atoms with Gasteiger partial charge in [-0.2, -0.15) is 4.98 Å². The Bertz CT molecular complexity index is 622. The quantitative estimate of drug-likeness (QED) is 0.896. The molecular weight excluding hydrogens is 302 g/mol. The minimum absolute atomic E-state index is 0. The van der Waals surface area contributed by atoms with Crippen LogP contribution >= 0.6 is 23.7 Å². The van der Waals surface area contributed by atoms with E-state index in [1.807, 2.05) is 0 Å². The number of anilines is 1. The molecule has 2 aromatic heterocycles. The third-order valence-electron chi connectivity index (χ3n) is 3.12. The SMILES string of the molecule is CC(=O)Nc1nc(-c2nc(C3(N)CCC3)no2)cs1.Cl. The molecule has 0 saturated heterocycles. The van der Waals surface area contributed by atoms with Crippen molar-refractivity contribution < 1.29 is 9.32 Å². The number of thiazole rings is 1. The fourth-order valence-electron chi connectivity index (χ4n) is 1.89. The van der Waals surface area contributed by atoms with E-state index in [0.29, 0.717) is 22.5 Å². The van der Waals surface area contributed by atoms with E-state index in [1.165, 1.54) is 18.3 Å². The second kappa shape index (κ2) is 5.47. The van der Waals surface area contributed by atoms with Gasteiger partial charge in [0.2, 0.25) is 5.91 Å². The van der Waals surface area contributed by atoms with Crippen molar-refractivity contribution in [2.45, 2.75) is 31.7 Å². The van der Waals surface area contributed by atoms with Gasteiger partial charge in [-0.1, -0.05) is 5.16 Å². The van der Waals surface area contributed by atoms with Gasteiger partial charge < -0.3 is 15.6 Å². The highest BCUT2D eigenvalue weighted by atomic mass is 35.5. The number of nitrogens with one attached hydrogen (secondary N) is 1. The normalized spacial score (nSPS) is 16.1. The molecule has 3 rings (SSSR count). The van der Waals surface area contributed by atoms with Crippen molar-refractivity contribution in [1.29, 1.82) is 0 Å². The van der Waals surface area contributed by atoms with Gasteiger partial charge in [-0.15, -0.1) is 23.7 Å². The van der Waals surface area contributed by atoms with Crippen molar-refractivity contribution in [1.82, 2.24) is 15.1 Å².